The highest BCUT2D eigenvalue weighted by Gasteiger charge is 2.33. The molecule has 0 bridgehead atoms. The van der Waals surface area contributed by atoms with Crippen LogP contribution in [0.1, 0.15) is 150 Å². The van der Waals surface area contributed by atoms with Crippen LogP contribution in [0, 0.1) is 0 Å². The number of amides is 1. The normalized spacial score (nSPS) is 16.4. The summed E-state index contributed by atoms with van der Waals surface area (Å²) < 4.78 is 5.92. The monoisotopic (exact) mass is 812 g/mol. The Kier molecular flexibility index (Phi) is 28.5. The second-order valence-electron chi connectivity index (χ2n) is 17.0. The Hall–Kier alpha value is -2.81. The standard InChI is InChI=1S/C43H81N5O9/c1-6-8-10-12-14-16-18-20-24-48(25-21-19-17-15-13-11-9-7-2)38(49)23-22-37(42(56)57-43(3,4)5)47-32-30-45(35-40(52)53)28-26-44(34-39(50)51)27-29-46(31-33-47)36-41(54)55/h37H,6-36H2,1-5H3,(H,50,51)(H,52,53)(H,54,55)/t37-/m0/s1. The minimum atomic E-state index is -1.02. The van der Waals surface area contributed by atoms with Crippen molar-refractivity contribution >= 4 is 29.8 Å². The minimum absolute atomic E-state index is 0.0160. The Morgan fingerprint density at radius 1 is 0.544 bits per heavy atom. The number of esters is 1. The number of hydrogen-bond donors (Lipinski definition) is 3. The third kappa shape index (κ3) is 27.5. The number of rotatable bonds is 29. The summed E-state index contributed by atoms with van der Waals surface area (Å²) in [5.74, 6) is -3.52. The zero-order valence-corrected chi connectivity index (χ0v) is 36.5. The van der Waals surface area contributed by atoms with E-state index in [1.165, 1.54) is 64.2 Å². The van der Waals surface area contributed by atoms with Crippen LogP contribution in [0.2, 0.25) is 0 Å². The number of hydrogen-bond acceptors (Lipinski definition) is 10. The van der Waals surface area contributed by atoms with Crippen LogP contribution in [0.15, 0.2) is 0 Å². The average Bonchev–Trinajstić information content (AvgIpc) is 3.12. The van der Waals surface area contributed by atoms with Gasteiger partial charge in [0.2, 0.25) is 5.91 Å². The molecule has 14 nitrogen and oxygen atoms in total. The van der Waals surface area contributed by atoms with Gasteiger partial charge in [-0.05, 0) is 40.0 Å². The van der Waals surface area contributed by atoms with Crippen LogP contribution in [-0.4, -0.2) is 166 Å². The van der Waals surface area contributed by atoms with Crippen molar-refractivity contribution in [1.82, 2.24) is 24.5 Å². The van der Waals surface area contributed by atoms with Gasteiger partial charge in [0.25, 0.3) is 0 Å². The van der Waals surface area contributed by atoms with E-state index in [0.717, 1.165) is 38.5 Å². The van der Waals surface area contributed by atoms with Gasteiger partial charge in [0.15, 0.2) is 0 Å². The van der Waals surface area contributed by atoms with E-state index in [-0.39, 0.29) is 90.7 Å². The summed E-state index contributed by atoms with van der Waals surface area (Å²) in [6.07, 6.45) is 19.2. The van der Waals surface area contributed by atoms with Crippen molar-refractivity contribution in [3.63, 3.8) is 0 Å². The van der Waals surface area contributed by atoms with Crippen molar-refractivity contribution in [1.29, 1.82) is 0 Å². The van der Waals surface area contributed by atoms with Crippen molar-refractivity contribution in [3.8, 4) is 0 Å². The maximum Gasteiger partial charge on any atom is 0.323 e. The first-order chi connectivity index (χ1) is 27.1. The molecular formula is C43H81N5O9. The molecule has 332 valence electrons. The molecular weight excluding hydrogens is 730 g/mol. The van der Waals surface area contributed by atoms with E-state index < -0.39 is 35.5 Å². The molecule has 0 radical (unpaired) electrons. The van der Waals surface area contributed by atoms with Crippen molar-refractivity contribution in [2.24, 2.45) is 0 Å². The summed E-state index contributed by atoms with van der Waals surface area (Å²) in [5.41, 5.74) is -0.788. The molecule has 14 heteroatoms. The summed E-state index contributed by atoms with van der Waals surface area (Å²) >= 11 is 0. The number of carboxylic acids is 3. The molecule has 1 saturated heterocycles. The van der Waals surface area contributed by atoms with Gasteiger partial charge in [-0.2, -0.15) is 0 Å². The second-order valence-corrected chi connectivity index (χ2v) is 17.0. The average molecular weight is 812 g/mol. The van der Waals surface area contributed by atoms with E-state index in [1.54, 1.807) is 35.5 Å². The maximum atomic E-state index is 14.0. The van der Waals surface area contributed by atoms with Gasteiger partial charge in [0.05, 0.1) is 19.6 Å². The Morgan fingerprint density at radius 3 is 1.21 bits per heavy atom. The molecule has 1 amide bonds. The summed E-state index contributed by atoms with van der Waals surface area (Å²) in [6, 6.07) is -0.814. The first-order valence-corrected chi connectivity index (χ1v) is 22.2. The van der Waals surface area contributed by atoms with E-state index >= 15 is 0 Å². The number of unbranched alkanes of at least 4 members (excludes halogenated alkanes) is 14. The molecule has 0 aromatic carbocycles. The summed E-state index contributed by atoms with van der Waals surface area (Å²) in [7, 11) is 0. The lowest BCUT2D eigenvalue weighted by atomic mass is 10.1. The Balaban J connectivity index is 3.25. The van der Waals surface area contributed by atoms with Crippen molar-refractivity contribution in [3.05, 3.63) is 0 Å². The van der Waals surface area contributed by atoms with Crippen molar-refractivity contribution in [2.45, 2.75) is 162 Å². The van der Waals surface area contributed by atoms with Gasteiger partial charge in [-0.15, -0.1) is 0 Å². The van der Waals surface area contributed by atoms with E-state index in [0.29, 0.717) is 13.1 Å². The molecule has 1 aliphatic heterocycles. The fraction of sp³-hybridized carbons (Fsp3) is 0.884. The number of carbonyl (C=O) groups is 5. The van der Waals surface area contributed by atoms with E-state index in [2.05, 4.69) is 13.8 Å². The predicted molar refractivity (Wildman–Crippen MR) is 224 cm³/mol. The Bertz CT molecular complexity index is 1080. The fourth-order valence-electron chi connectivity index (χ4n) is 7.38. The van der Waals surface area contributed by atoms with Crippen molar-refractivity contribution in [2.75, 3.05) is 85.1 Å². The van der Waals surface area contributed by atoms with Gasteiger partial charge in [0.1, 0.15) is 11.6 Å². The number of carboxylic acid groups (broad SMARTS) is 3. The largest absolute Gasteiger partial charge is 0.480 e. The number of aliphatic carboxylic acids is 3. The molecule has 0 aromatic heterocycles. The Labute approximate surface area is 344 Å². The Morgan fingerprint density at radius 2 is 0.877 bits per heavy atom. The molecule has 0 saturated carbocycles. The molecule has 3 N–H and O–H groups in total. The number of carbonyl (C=O) groups excluding carboxylic acids is 2. The van der Waals surface area contributed by atoms with Crippen LogP contribution in [-0.2, 0) is 28.7 Å². The highest BCUT2D eigenvalue weighted by molar-refractivity contribution is 5.79. The third-order valence-corrected chi connectivity index (χ3v) is 10.6. The minimum Gasteiger partial charge on any atom is -0.480 e. The van der Waals surface area contributed by atoms with E-state index in [1.807, 2.05) is 9.80 Å². The van der Waals surface area contributed by atoms with Gasteiger partial charge < -0.3 is 25.0 Å². The SMILES string of the molecule is CCCCCCCCCCN(CCCCCCCCCC)C(=O)CC[C@@H](C(=O)OC(C)(C)C)N1CCN(CC(=O)O)CCN(CC(=O)O)CCN(CC(=O)O)CC1. The van der Waals surface area contributed by atoms with Crippen LogP contribution < -0.4 is 0 Å². The van der Waals surface area contributed by atoms with Crippen molar-refractivity contribution < 1.29 is 44.0 Å². The summed E-state index contributed by atoms with van der Waals surface area (Å²) in [4.78, 5) is 72.4. The van der Waals surface area contributed by atoms with Crippen LogP contribution in [0.3, 0.4) is 0 Å². The lowest BCUT2D eigenvalue weighted by molar-refractivity contribution is -0.162. The molecule has 1 aliphatic rings. The molecule has 0 aliphatic carbocycles. The molecule has 1 atom stereocenters. The highest BCUT2D eigenvalue weighted by atomic mass is 16.6. The van der Waals surface area contributed by atoms with Gasteiger partial charge in [-0.25, -0.2) is 0 Å². The molecule has 1 fully saturated rings. The quantitative estimate of drug-likeness (QED) is 0.0589. The molecule has 0 aromatic rings. The number of ether oxygens (including phenoxy) is 1. The zero-order chi connectivity index (χ0) is 42.5. The van der Waals surface area contributed by atoms with Crippen LogP contribution in [0.5, 0.6) is 0 Å². The summed E-state index contributed by atoms with van der Waals surface area (Å²) in [5, 5.41) is 28.9. The van der Waals surface area contributed by atoms with Gasteiger partial charge in [0, 0.05) is 71.9 Å². The third-order valence-electron chi connectivity index (χ3n) is 10.6. The zero-order valence-electron chi connectivity index (χ0n) is 36.5. The lowest BCUT2D eigenvalue weighted by Gasteiger charge is -2.37. The smallest absolute Gasteiger partial charge is 0.323 e. The lowest BCUT2D eigenvalue weighted by Crippen LogP contribution is -2.52. The molecule has 0 spiro atoms. The van der Waals surface area contributed by atoms with Crippen LogP contribution in [0.4, 0.5) is 0 Å². The van der Waals surface area contributed by atoms with Crippen LogP contribution in [0.25, 0.3) is 0 Å². The van der Waals surface area contributed by atoms with E-state index in [9.17, 15) is 39.3 Å². The second kappa shape index (κ2) is 31.2. The molecule has 0 unspecified atom stereocenters. The predicted octanol–water partition coefficient (Wildman–Crippen LogP) is 6.06. The highest BCUT2D eigenvalue weighted by Crippen LogP contribution is 2.19. The number of nitrogens with zero attached hydrogens (tertiary/aromatic N) is 5. The van der Waals surface area contributed by atoms with E-state index in [4.69, 9.17) is 4.74 Å². The first kappa shape index (κ1) is 52.2. The molecule has 57 heavy (non-hydrogen) atoms. The molecule has 1 rings (SSSR count). The van der Waals surface area contributed by atoms with Crippen LogP contribution >= 0.6 is 0 Å². The maximum absolute atomic E-state index is 14.0. The fourth-order valence-corrected chi connectivity index (χ4v) is 7.38. The topological polar surface area (TPSA) is 171 Å². The first-order valence-electron chi connectivity index (χ1n) is 22.2. The molecule has 1 heterocycles. The van der Waals surface area contributed by atoms with Gasteiger partial charge in [-0.3, -0.25) is 43.6 Å². The van der Waals surface area contributed by atoms with Gasteiger partial charge >= 0.3 is 23.9 Å². The van der Waals surface area contributed by atoms with Gasteiger partial charge in [-0.1, -0.05) is 104 Å². The summed E-state index contributed by atoms with van der Waals surface area (Å²) in [6.45, 7) is 12.6.